The first kappa shape index (κ1) is 62.8. The van der Waals surface area contributed by atoms with Crippen molar-refractivity contribution in [3.63, 3.8) is 0 Å². The van der Waals surface area contributed by atoms with Crippen LogP contribution in [0, 0.1) is 0 Å². The molecule has 378 valence electrons. The standard InChI is InChI=1S/C61H104O5/c1-4-7-10-13-16-19-22-25-28-30-31-32-34-37-40-43-46-49-52-55-61(63)66-59(57-64-56-53-50-47-44-41-38-35-29-26-23-20-17-14-11-8-5-2)58-65-60(62)54-51-48-45-42-39-36-33-27-24-21-18-15-12-9-6-3/h7,10,16,18-19,21,25,27-28,31-33,37,39-40,42,59H,4-6,8-9,11-15,17,20,22-24,26,29-30,34-36,38,41,43-58H2,1-3H3/b10-7-,19-16-,21-18-,28-25-,32-31-,33-27-,40-37-,42-39-/t59-/m1/s1. The van der Waals surface area contributed by atoms with E-state index in [2.05, 4.69) is 118 Å². The molecule has 0 N–H and O–H groups in total. The highest BCUT2D eigenvalue weighted by molar-refractivity contribution is 5.70. The molecule has 0 heterocycles. The Kier molecular flexibility index (Phi) is 53.4. The van der Waals surface area contributed by atoms with Gasteiger partial charge in [0.05, 0.1) is 6.61 Å². The van der Waals surface area contributed by atoms with Crippen molar-refractivity contribution >= 4 is 11.9 Å². The third-order valence-electron chi connectivity index (χ3n) is 11.6. The molecule has 5 heteroatoms. The van der Waals surface area contributed by atoms with Gasteiger partial charge in [0.1, 0.15) is 6.61 Å². The number of allylic oxidation sites excluding steroid dienone is 16. The molecule has 0 aliphatic rings. The Hall–Kier alpha value is -3.18. The summed E-state index contributed by atoms with van der Waals surface area (Å²) < 4.78 is 17.4. The quantitative estimate of drug-likeness (QED) is 0.0346. The smallest absolute Gasteiger partial charge is 0.306 e. The molecule has 0 spiro atoms. The highest BCUT2D eigenvalue weighted by atomic mass is 16.6. The Bertz CT molecular complexity index is 1270. The fourth-order valence-electron chi connectivity index (χ4n) is 7.48. The zero-order valence-corrected chi connectivity index (χ0v) is 43.4. The summed E-state index contributed by atoms with van der Waals surface area (Å²) in [5.74, 6) is -0.476. The Labute approximate surface area is 409 Å². The molecule has 5 nitrogen and oxygen atoms in total. The highest BCUT2D eigenvalue weighted by Crippen LogP contribution is 2.15. The van der Waals surface area contributed by atoms with E-state index in [1.807, 2.05) is 0 Å². The van der Waals surface area contributed by atoms with Gasteiger partial charge in [0, 0.05) is 19.4 Å². The number of carbonyl (C=O) groups is 2. The van der Waals surface area contributed by atoms with Gasteiger partial charge in [0.15, 0.2) is 6.10 Å². The molecule has 0 unspecified atom stereocenters. The maximum atomic E-state index is 12.8. The van der Waals surface area contributed by atoms with Crippen LogP contribution in [0.4, 0.5) is 0 Å². The topological polar surface area (TPSA) is 61.8 Å². The minimum atomic E-state index is -0.573. The highest BCUT2D eigenvalue weighted by Gasteiger charge is 2.17. The van der Waals surface area contributed by atoms with Crippen LogP contribution in [0.2, 0.25) is 0 Å². The van der Waals surface area contributed by atoms with Crippen LogP contribution in [0.15, 0.2) is 97.2 Å². The van der Waals surface area contributed by atoms with Crippen LogP contribution in [-0.2, 0) is 23.8 Å². The number of hydrogen-bond donors (Lipinski definition) is 0. The van der Waals surface area contributed by atoms with Gasteiger partial charge in [-0.15, -0.1) is 0 Å². The van der Waals surface area contributed by atoms with Crippen LogP contribution < -0.4 is 0 Å². The summed E-state index contributed by atoms with van der Waals surface area (Å²) in [4.78, 5) is 25.5. The van der Waals surface area contributed by atoms with E-state index in [4.69, 9.17) is 14.2 Å². The number of hydrogen-bond acceptors (Lipinski definition) is 5. The van der Waals surface area contributed by atoms with Crippen LogP contribution in [0.25, 0.3) is 0 Å². The first-order valence-corrected chi connectivity index (χ1v) is 27.8. The lowest BCUT2D eigenvalue weighted by molar-refractivity contribution is -0.163. The van der Waals surface area contributed by atoms with E-state index >= 15 is 0 Å². The van der Waals surface area contributed by atoms with Crippen molar-refractivity contribution in [3.8, 4) is 0 Å². The van der Waals surface area contributed by atoms with Gasteiger partial charge < -0.3 is 14.2 Å². The molecule has 0 rings (SSSR count). The minimum Gasteiger partial charge on any atom is -0.462 e. The first-order valence-electron chi connectivity index (χ1n) is 27.8. The Morgan fingerprint density at radius 1 is 0.348 bits per heavy atom. The monoisotopic (exact) mass is 917 g/mol. The molecule has 0 aromatic heterocycles. The zero-order chi connectivity index (χ0) is 47.7. The molecule has 0 saturated heterocycles. The second-order valence-corrected chi connectivity index (χ2v) is 18.1. The lowest BCUT2D eigenvalue weighted by Gasteiger charge is -2.18. The normalized spacial score (nSPS) is 13.0. The van der Waals surface area contributed by atoms with Crippen LogP contribution in [0.5, 0.6) is 0 Å². The van der Waals surface area contributed by atoms with Gasteiger partial charge in [-0.2, -0.15) is 0 Å². The summed E-state index contributed by atoms with van der Waals surface area (Å²) in [7, 11) is 0. The van der Waals surface area contributed by atoms with Gasteiger partial charge in [-0.1, -0.05) is 234 Å². The lowest BCUT2D eigenvalue weighted by atomic mass is 10.0. The molecular weight excluding hydrogens is 813 g/mol. The van der Waals surface area contributed by atoms with E-state index in [1.54, 1.807) is 0 Å². The van der Waals surface area contributed by atoms with Crippen molar-refractivity contribution < 1.29 is 23.8 Å². The summed E-state index contributed by atoms with van der Waals surface area (Å²) in [6.45, 7) is 7.63. The number of esters is 2. The number of ether oxygens (including phenoxy) is 3. The fourth-order valence-corrected chi connectivity index (χ4v) is 7.48. The van der Waals surface area contributed by atoms with E-state index in [-0.39, 0.29) is 25.2 Å². The molecule has 0 aromatic carbocycles. The molecule has 0 bridgehead atoms. The van der Waals surface area contributed by atoms with Crippen LogP contribution >= 0.6 is 0 Å². The molecule has 0 aliphatic carbocycles. The van der Waals surface area contributed by atoms with Gasteiger partial charge in [0.2, 0.25) is 0 Å². The molecule has 0 radical (unpaired) electrons. The maximum absolute atomic E-state index is 12.8. The molecular formula is C61H104O5. The Morgan fingerprint density at radius 2 is 0.682 bits per heavy atom. The minimum absolute atomic E-state index is 0.0494. The summed E-state index contributed by atoms with van der Waals surface area (Å²) in [5, 5.41) is 0. The first-order chi connectivity index (χ1) is 32.6. The molecule has 1 atom stereocenters. The second kappa shape index (κ2) is 56.1. The van der Waals surface area contributed by atoms with Crippen LogP contribution in [0.3, 0.4) is 0 Å². The van der Waals surface area contributed by atoms with E-state index in [0.717, 1.165) is 103 Å². The summed E-state index contributed by atoms with van der Waals surface area (Å²) in [5.41, 5.74) is 0. The summed E-state index contributed by atoms with van der Waals surface area (Å²) in [6.07, 6.45) is 75.7. The van der Waals surface area contributed by atoms with Crippen molar-refractivity contribution in [3.05, 3.63) is 97.2 Å². The van der Waals surface area contributed by atoms with E-state index in [1.165, 1.54) is 116 Å². The lowest BCUT2D eigenvalue weighted by Crippen LogP contribution is -2.30. The second-order valence-electron chi connectivity index (χ2n) is 18.1. The SMILES string of the molecule is CC/C=C\C/C=C\C/C=C\C/C=C\C/C=C\CCCCCC(=O)O[C@H](COCCCCCCCCCCCCCCCCCC)COC(=O)CCCC/C=C\C/C=C\C/C=C\CCCCC. The summed E-state index contributed by atoms with van der Waals surface area (Å²) >= 11 is 0. The molecule has 0 saturated carbocycles. The third-order valence-corrected chi connectivity index (χ3v) is 11.6. The predicted molar refractivity (Wildman–Crippen MR) is 288 cm³/mol. The molecule has 66 heavy (non-hydrogen) atoms. The van der Waals surface area contributed by atoms with Gasteiger partial charge in [-0.05, 0) is 103 Å². The maximum Gasteiger partial charge on any atom is 0.306 e. The fraction of sp³-hybridized carbons (Fsp3) is 0.705. The number of unbranched alkanes of at least 4 members (excludes halogenated alkanes) is 23. The average Bonchev–Trinajstić information content (AvgIpc) is 3.32. The third kappa shape index (κ3) is 53.4. The molecule has 0 amide bonds. The summed E-state index contributed by atoms with van der Waals surface area (Å²) in [6, 6.07) is 0. The molecule has 0 aliphatic heterocycles. The average molecular weight is 917 g/mol. The van der Waals surface area contributed by atoms with Gasteiger partial charge in [-0.3, -0.25) is 9.59 Å². The van der Waals surface area contributed by atoms with Gasteiger partial charge in [0.25, 0.3) is 0 Å². The van der Waals surface area contributed by atoms with Crippen LogP contribution in [0.1, 0.15) is 252 Å². The van der Waals surface area contributed by atoms with Crippen molar-refractivity contribution in [1.82, 2.24) is 0 Å². The Balaban J connectivity index is 4.40. The van der Waals surface area contributed by atoms with Crippen molar-refractivity contribution in [1.29, 1.82) is 0 Å². The predicted octanol–water partition coefficient (Wildman–Crippen LogP) is 19.0. The van der Waals surface area contributed by atoms with Crippen molar-refractivity contribution in [2.24, 2.45) is 0 Å². The number of carbonyl (C=O) groups excluding carboxylic acids is 2. The van der Waals surface area contributed by atoms with Crippen molar-refractivity contribution in [2.45, 2.75) is 258 Å². The molecule has 0 aromatic rings. The van der Waals surface area contributed by atoms with Gasteiger partial charge in [-0.25, -0.2) is 0 Å². The van der Waals surface area contributed by atoms with Gasteiger partial charge >= 0.3 is 11.9 Å². The Morgan fingerprint density at radius 3 is 1.14 bits per heavy atom. The largest absolute Gasteiger partial charge is 0.462 e. The van der Waals surface area contributed by atoms with E-state index in [0.29, 0.717) is 19.4 Å². The van der Waals surface area contributed by atoms with E-state index < -0.39 is 6.10 Å². The van der Waals surface area contributed by atoms with Crippen LogP contribution in [-0.4, -0.2) is 37.9 Å². The number of rotatable bonds is 50. The van der Waals surface area contributed by atoms with E-state index in [9.17, 15) is 9.59 Å². The molecule has 0 fully saturated rings. The van der Waals surface area contributed by atoms with Crippen molar-refractivity contribution in [2.75, 3.05) is 19.8 Å². The zero-order valence-electron chi connectivity index (χ0n) is 43.4.